The normalized spacial score (nSPS) is 25.1. The van der Waals surface area contributed by atoms with Crippen LogP contribution in [0.3, 0.4) is 0 Å². The van der Waals surface area contributed by atoms with Gasteiger partial charge in [-0.15, -0.1) is 0 Å². The van der Waals surface area contributed by atoms with Crippen molar-refractivity contribution < 1.29 is 26.7 Å². The maximum Gasteiger partial charge on any atom is 0.422 e. The van der Waals surface area contributed by atoms with Crippen LogP contribution in [0.15, 0.2) is 36.4 Å². The summed E-state index contributed by atoms with van der Waals surface area (Å²) in [5, 5.41) is 0. The largest absolute Gasteiger partial charge is 0.478 e. The van der Waals surface area contributed by atoms with Crippen molar-refractivity contribution >= 4 is 0 Å². The molecule has 0 N–H and O–H groups in total. The molecule has 6 heteroatoms. The van der Waals surface area contributed by atoms with Crippen LogP contribution < -0.4 is 4.74 Å². The fourth-order valence-corrected chi connectivity index (χ4v) is 6.01. The monoisotopic (exact) mass is 480 g/mol. The predicted molar refractivity (Wildman–Crippen MR) is 124 cm³/mol. The first-order valence-corrected chi connectivity index (χ1v) is 12.5. The molecule has 0 heterocycles. The Kier molecular flexibility index (Phi) is 7.83. The van der Waals surface area contributed by atoms with E-state index in [1.165, 1.54) is 63.4 Å². The van der Waals surface area contributed by atoms with Gasteiger partial charge in [0.1, 0.15) is 0 Å². The molecular formula is C28H33F5O. The van der Waals surface area contributed by atoms with E-state index in [1.807, 2.05) is 24.3 Å². The van der Waals surface area contributed by atoms with Crippen LogP contribution in [0, 0.1) is 29.4 Å². The van der Waals surface area contributed by atoms with Crippen LogP contribution in [0.2, 0.25) is 0 Å². The first-order valence-electron chi connectivity index (χ1n) is 12.5. The average molecular weight is 481 g/mol. The molecule has 0 bridgehead atoms. The number of fused-ring (bicyclic) bond motifs is 1. The molecule has 34 heavy (non-hydrogen) atoms. The van der Waals surface area contributed by atoms with Gasteiger partial charge in [-0.2, -0.15) is 13.2 Å². The first kappa shape index (κ1) is 25.0. The summed E-state index contributed by atoms with van der Waals surface area (Å²) < 4.78 is 69.8. The summed E-state index contributed by atoms with van der Waals surface area (Å²) in [5.41, 5.74) is 2.14. The Labute approximate surface area is 198 Å². The molecule has 186 valence electrons. The molecule has 0 radical (unpaired) electrons. The zero-order valence-corrected chi connectivity index (χ0v) is 19.6. The van der Waals surface area contributed by atoms with Crippen molar-refractivity contribution in [3.63, 3.8) is 0 Å². The molecule has 1 nitrogen and oxygen atoms in total. The van der Waals surface area contributed by atoms with Crippen LogP contribution in [0.25, 0.3) is 11.1 Å². The Morgan fingerprint density at radius 3 is 2.15 bits per heavy atom. The number of halogens is 5. The Balaban J connectivity index is 1.39. The lowest BCUT2D eigenvalue weighted by molar-refractivity contribution is -0.154. The molecule has 2 aromatic rings. The molecule has 0 spiro atoms. The standard InChI is InChI=1S/C28H33F5O/c1-2-3-4-18-5-6-23-14-22(12-11-21(23)13-18)19-7-9-20(10-8-19)24-15-25(29)27(26(30)16-24)34-17-28(31,32)33/h7-10,15-16,18,21-23H,2-6,11-14,17H2,1H3/t18?,21-,22-,23-/m1/s1. The van der Waals surface area contributed by atoms with Gasteiger partial charge in [0.15, 0.2) is 24.0 Å². The van der Waals surface area contributed by atoms with Gasteiger partial charge in [-0.25, -0.2) is 8.78 Å². The molecule has 4 atom stereocenters. The third-order valence-electron chi connectivity index (χ3n) is 7.78. The van der Waals surface area contributed by atoms with Crippen molar-refractivity contribution in [3.8, 4) is 16.9 Å². The summed E-state index contributed by atoms with van der Waals surface area (Å²) in [6, 6.07) is 9.77. The zero-order valence-electron chi connectivity index (χ0n) is 19.6. The fourth-order valence-electron chi connectivity index (χ4n) is 6.01. The van der Waals surface area contributed by atoms with Gasteiger partial charge in [0.05, 0.1) is 0 Å². The first-order chi connectivity index (χ1) is 16.2. The molecule has 0 saturated heterocycles. The van der Waals surface area contributed by atoms with E-state index in [0.717, 1.165) is 29.9 Å². The molecular weight excluding hydrogens is 447 g/mol. The maximum absolute atomic E-state index is 14.3. The van der Waals surface area contributed by atoms with Gasteiger partial charge in [0.25, 0.3) is 0 Å². The lowest BCUT2D eigenvalue weighted by Gasteiger charge is -2.42. The molecule has 2 aliphatic rings. The Hall–Kier alpha value is -2.11. The minimum absolute atomic E-state index is 0.273. The van der Waals surface area contributed by atoms with E-state index in [-0.39, 0.29) is 5.56 Å². The van der Waals surface area contributed by atoms with E-state index in [0.29, 0.717) is 11.5 Å². The van der Waals surface area contributed by atoms with Crippen molar-refractivity contribution in [3.05, 3.63) is 53.6 Å². The van der Waals surface area contributed by atoms with Gasteiger partial charge in [-0.3, -0.25) is 0 Å². The van der Waals surface area contributed by atoms with Crippen LogP contribution >= 0.6 is 0 Å². The minimum Gasteiger partial charge on any atom is -0.478 e. The number of alkyl halides is 3. The van der Waals surface area contributed by atoms with Crippen LogP contribution in [-0.4, -0.2) is 12.8 Å². The molecule has 2 aromatic carbocycles. The maximum atomic E-state index is 14.3. The van der Waals surface area contributed by atoms with Crippen LogP contribution in [0.4, 0.5) is 22.0 Å². The Bertz CT molecular complexity index is 929. The van der Waals surface area contributed by atoms with Crippen molar-refractivity contribution in [1.29, 1.82) is 0 Å². The number of benzene rings is 2. The van der Waals surface area contributed by atoms with E-state index in [2.05, 4.69) is 11.7 Å². The zero-order chi connectivity index (χ0) is 24.3. The van der Waals surface area contributed by atoms with E-state index in [9.17, 15) is 22.0 Å². The van der Waals surface area contributed by atoms with Crippen LogP contribution in [0.1, 0.15) is 76.2 Å². The quantitative estimate of drug-likeness (QED) is 0.359. The third kappa shape index (κ3) is 6.11. The predicted octanol–water partition coefficient (Wildman–Crippen LogP) is 9.06. The van der Waals surface area contributed by atoms with Crippen molar-refractivity contribution in [2.24, 2.45) is 17.8 Å². The summed E-state index contributed by atoms with van der Waals surface area (Å²) >= 11 is 0. The SMILES string of the molecule is CCCCC1CC[C@@H]2C[C@H](c3ccc(-c4cc(F)c(OCC(F)(F)F)c(F)c4)cc3)CC[C@@H]2C1. The Morgan fingerprint density at radius 2 is 1.50 bits per heavy atom. The number of hydrogen-bond donors (Lipinski definition) is 0. The lowest BCUT2D eigenvalue weighted by Crippen LogP contribution is -2.30. The molecule has 0 aliphatic heterocycles. The smallest absolute Gasteiger partial charge is 0.422 e. The summed E-state index contributed by atoms with van der Waals surface area (Å²) in [7, 11) is 0. The van der Waals surface area contributed by atoms with Crippen molar-refractivity contribution in [2.45, 2.75) is 76.8 Å². The highest BCUT2D eigenvalue weighted by Crippen LogP contribution is 2.48. The molecule has 2 aliphatic carbocycles. The molecule has 1 unspecified atom stereocenters. The summed E-state index contributed by atoms with van der Waals surface area (Å²) in [5.74, 6) is -0.220. The second kappa shape index (κ2) is 10.7. The topological polar surface area (TPSA) is 9.23 Å². The van der Waals surface area contributed by atoms with Gasteiger partial charge < -0.3 is 4.74 Å². The molecule has 2 saturated carbocycles. The third-order valence-corrected chi connectivity index (χ3v) is 7.78. The molecule has 0 aromatic heterocycles. The average Bonchev–Trinajstić information content (AvgIpc) is 2.81. The number of rotatable bonds is 7. The van der Waals surface area contributed by atoms with E-state index in [1.54, 1.807) is 0 Å². The van der Waals surface area contributed by atoms with Gasteiger partial charge in [0, 0.05) is 0 Å². The van der Waals surface area contributed by atoms with E-state index >= 15 is 0 Å². The highest BCUT2D eigenvalue weighted by Gasteiger charge is 2.35. The molecule has 2 fully saturated rings. The highest BCUT2D eigenvalue weighted by atomic mass is 19.4. The second-order valence-electron chi connectivity index (χ2n) is 10.1. The number of hydrogen-bond acceptors (Lipinski definition) is 1. The number of unbranched alkanes of at least 4 members (excludes halogenated alkanes) is 1. The van der Waals surface area contributed by atoms with Crippen LogP contribution in [-0.2, 0) is 0 Å². The summed E-state index contributed by atoms with van der Waals surface area (Å²) in [6.45, 7) is 0.523. The van der Waals surface area contributed by atoms with Gasteiger partial charge in [-0.05, 0) is 84.6 Å². The van der Waals surface area contributed by atoms with E-state index in [4.69, 9.17) is 0 Å². The second-order valence-corrected chi connectivity index (χ2v) is 10.1. The number of ether oxygens (including phenoxy) is 1. The van der Waals surface area contributed by atoms with Crippen LogP contribution in [0.5, 0.6) is 5.75 Å². The van der Waals surface area contributed by atoms with Crippen molar-refractivity contribution in [1.82, 2.24) is 0 Å². The summed E-state index contributed by atoms with van der Waals surface area (Å²) in [6.07, 6.45) is 7.05. The minimum atomic E-state index is -4.67. The summed E-state index contributed by atoms with van der Waals surface area (Å²) in [4.78, 5) is 0. The van der Waals surface area contributed by atoms with E-state index < -0.39 is 30.2 Å². The molecule has 0 amide bonds. The van der Waals surface area contributed by atoms with Gasteiger partial charge in [-0.1, -0.05) is 56.9 Å². The van der Waals surface area contributed by atoms with Gasteiger partial charge in [0.2, 0.25) is 0 Å². The molecule has 4 rings (SSSR count). The van der Waals surface area contributed by atoms with Crippen molar-refractivity contribution in [2.75, 3.05) is 6.61 Å². The van der Waals surface area contributed by atoms with Gasteiger partial charge >= 0.3 is 6.18 Å². The highest BCUT2D eigenvalue weighted by molar-refractivity contribution is 5.65. The Morgan fingerprint density at radius 1 is 0.853 bits per heavy atom. The fraction of sp³-hybridized carbons (Fsp3) is 0.571. The lowest BCUT2D eigenvalue weighted by atomic mass is 9.63.